The lowest BCUT2D eigenvalue weighted by atomic mass is 10.1. The van der Waals surface area contributed by atoms with E-state index in [9.17, 15) is 0 Å². The molecule has 2 saturated heterocycles. The van der Waals surface area contributed by atoms with Crippen LogP contribution in [0.5, 0.6) is 0 Å². The summed E-state index contributed by atoms with van der Waals surface area (Å²) in [7, 11) is 0. The Morgan fingerprint density at radius 3 is 2.03 bits per heavy atom. The molecule has 0 bridgehead atoms. The molecular formula is C28H38N6O2. The van der Waals surface area contributed by atoms with E-state index in [2.05, 4.69) is 56.8 Å². The summed E-state index contributed by atoms with van der Waals surface area (Å²) in [6, 6.07) is 16.6. The molecule has 2 aromatic carbocycles. The summed E-state index contributed by atoms with van der Waals surface area (Å²) < 4.78 is 10.9. The summed E-state index contributed by atoms with van der Waals surface area (Å²) in [6.45, 7) is 11.4. The first kappa shape index (κ1) is 24.9. The first-order valence-electron chi connectivity index (χ1n) is 13.3. The topological polar surface area (TPSA) is 74.8 Å². The third kappa shape index (κ3) is 6.70. The van der Waals surface area contributed by atoms with Crippen LogP contribution < -0.4 is 10.6 Å². The van der Waals surface area contributed by atoms with E-state index in [1.165, 1.54) is 0 Å². The van der Waals surface area contributed by atoms with Crippen LogP contribution in [0.25, 0.3) is 22.3 Å². The van der Waals surface area contributed by atoms with Crippen molar-refractivity contribution in [2.45, 2.75) is 12.8 Å². The number of para-hydroxylation sites is 2. The number of nitrogens with zero attached hydrogens (tertiary/aromatic N) is 4. The molecule has 8 nitrogen and oxygen atoms in total. The molecule has 0 unspecified atom stereocenters. The average molecular weight is 491 g/mol. The predicted octanol–water partition coefficient (Wildman–Crippen LogP) is 3.57. The maximum Gasteiger partial charge on any atom is 0.164 e. The Hall–Kier alpha value is -2.78. The maximum atomic E-state index is 5.46. The number of fused-ring (bicyclic) bond motifs is 1. The van der Waals surface area contributed by atoms with Crippen LogP contribution in [0.4, 0.5) is 11.5 Å². The summed E-state index contributed by atoms with van der Waals surface area (Å²) in [4.78, 5) is 14.9. The zero-order valence-electron chi connectivity index (χ0n) is 21.1. The van der Waals surface area contributed by atoms with Gasteiger partial charge in [-0.1, -0.05) is 24.3 Å². The average Bonchev–Trinajstić information content (AvgIpc) is 2.94. The summed E-state index contributed by atoms with van der Waals surface area (Å²) in [5, 5.41) is 8.29. The van der Waals surface area contributed by atoms with Gasteiger partial charge in [-0.05, 0) is 50.2 Å². The molecule has 8 heteroatoms. The van der Waals surface area contributed by atoms with Crippen LogP contribution in [0, 0.1) is 0 Å². The Labute approximate surface area is 214 Å². The summed E-state index contributed by atoms with van der Waals surface area (Å²) in [5.74, 6) is 1.65. The van der Waals surface area contributed by atoms with Gasteiger partial charge in [0.1, 0.15) is 5.82 Å². The molecule has 0 radical (unpaired) electrons. The van der Waals surface area contributed by atoms with E-state index >= 15 is 0 Å². The lowest BCUT2D eigenvalue weighted by Crippen LogP contribution is -2.37. The van der Waals surface area contributed by atoms with E-state index in [1.54, 1.807) is 0 Å². The second-order valence-electron chi connectivity index (χ2n) is 9.43. The van der Waals surface area contributed by atoms with Crippen molar-refractivity contribution in [1.29, 1.82) is 0 Å². The summed E-state index contributed by atoms with van der Waals surface area (Å²) in [5.41, 5.74) is 3.07. The van der Waals surface area contributed by atoms with Crippen LogP contribution in [0.15, 0.2) is 48.5 Å². The number of rotatable bonds is 11. The number of hydrogen-bond acceptors (Lipinski definition) is 8. The fourth-order valence-electron chi connectivity index (χ4n) is 4.85. The highest BCUT2D eigenvalue weighted by Crippen LogP contribution is 2.29. The van der Waals surface area contributed by atoms with Crippen LogP contribution >= 0.6 is 0 Å². The van der Waals surface area contributed by atoms with Crippen molar-refractivity contribution in [3.05, 3.63) is 48.5 Å². The Balaban J connectivity index is 1.25. The summed E-state index contributed by atoms with van der Waals surface area (Å²) >= 11 is 0. The Bertz CT molecular complexity index is 1100. The number of ether oxygens (including phenoxy) is 2. The van der Waals surface area contributed by atoms with Gasteiger partial charge >= 0.3 is 0 Å². The molecule has 2 aliphatic heterocycles. The van der Waals surface area contributed by atoms with Crippen molar-refractivity contribution in [3.63, 3.8) is 0 Å². The molecule has 3 aromatic rings. The predicted molar refractivity (Wildman–Crippen MR) is 146 cm³/mol. The molecule has 5 rings (SSSR count). The van der Waals surface area contributed by atoms with Crippen LogP contribution in [-0.4, -0.2) is 98.6 Å². The zero-order valence-corrected chi connectivity index (χ0v) is 21.1. The largest absolute Gasteiger partial charge is 0.384 e. The van der Waals surface area contributed by atoms with Gasteiger partial charge in [0.25, 0.3) is 0 Å². The van der Waals surface area contributed by atoms with Gasteiger partial charge in [0, 0.05) is 55.9 Å². The van der Waals surface area contributed by atoms with E-state index in [0.29, 0.717) is 0 Å². The van der Waals surface area contributed by atoms with E-state index in [-0.39, 0.29) is 0 Å². The van der Waals surface area contributed by atoms with Crippen molar-refractivity contribution in [3.8, 4) is 11.4 Å². The van der Waals surface area contributed by atoms with Crippen LogP contribution in [0.2, 0.25) is 0 Å². The first-order chi connectivity index (χ1) is 17.9. The minimum atomic E-state index is 0.751. The SMILES string of the molecule is c1ccc(-c2nc(NCCCN3CCOCC3)c3ccccc3n2)c(NCCCN2CCOCC2)c1. The van der Waals surface area contributed by atoms with Crippen molar-refractivity contribution in [2.24, 2.45) is 0 Å². The highest BCUT2D eigenvalue weighted by Gasteiger charge is 2.14. The molecule has 36 heavy (non-hydrogen) atoms. The minimum absolute atomic E-state index is 0.751. The molecule has 192 valence electrons. The molecule has 0 amide bonds. The molecule has 1 aromatic heterocycles. The third-order valence-electron chi connectivity index (χ3n) is 6.89. The number of nitrogens with one attached hydrogen (secondary N) is 2. The third-order valence-corrected chi connectivity index (χ3v) is 6.89. The fraction of sp³-hybridized carbons (Fsp3) is 0.500. The normalized spacial score (nSPS) is 17.3. The van der Waals surface area contributed by atoms with E-state index in [4.69, 9.17) is 19.4 Å². The standard InChI is InChI=1S/C28H38N6O2/c1-3-9-25(29-11-5-13-33-15-19-35-20-16-33)23(7-1)28-31-26-10-4-2-8-24(26)27(32-28)30-12-6-14-34-17-21-36-22-18-34/h1-4,7-10,29H,5-6,11-22H2,(H,30,31,32). The quantitative estimate of drug-likeness (QED) is 0.395. The van der Waals surface area contributed by atoms with Gasteiger partial charge in [-0.25, -0.2) is 9.97 Å². The van der Waals surface area contributed by atoms with Gasteiger partial charge in [-0.2, -0.15) is 0 Å². The van der Waals surface area contributed by atoms with Gasteiger partial charge < -0.3 is 20.1 Å². The van der Waals surface area contributed by atoms with Gasteiger partial charge in [0.2, 0.25) is 0 Å². The number of morpholine rings is 2. The van der Waals surface area contributed by atoms with Gasteiger partial charge in [-0.3, -0.25) is 9.80 Å². The monoisotopic (exact) mass is 490 g/mol. The Morgan fingerprint density at radius 1 is 0.694 bits per heavy atom. The van der Waals surface area contributed by atoms with Crippen LogP contribution in [-0.2, 0) is 9.47 Å². The van der Waals surface area contributed by atoms with Crippen molar-refractivity contribution >= 4 is 22.4 Å². The molecule has 2 aliphatic rings. The first-order valence-corrected chi connectivity index (χ1v) is 13.3. The van der Waals surface area contributed by atoms with Gasteiger partial charge in [0.15, 0.2) is 5.82 Å². The minimum Gasteiger partial charge on any atom is -0.384 e. The molecule has 0 saturated carbocycles. The summed E-state index contributed by atoms with van der Waals surface area (Å²) in [6.07, 6.45) is 2.15. The number of anilines is 2. The lowest BCUT2D eigenvalue weighted by Gasteiger charge is -2.26. The highest BCUT2D eigenvalue weighted by molar-refractivity contribution is 5.91. The van der Waals surface area contributed by atoms with E-state index in [0.717, 1.165) is 125 Å². The van der Waals surface area contributed by atoms with Crippen molar-refractivity contribution < 1.29 is 9.47 Å². The molecule has 0 aliphatic carbocycles. The van der Waals surface area contributed by atoms with Crippen LogP contribution in [0.1, 0.15) is 12.8 Å². The van der Waals surface area contributed by atoms with E-state index in [1.807, 2.05) is 12.1 Å². The smallest absolute Gasteiger partial charge is 0.164 e. The maximum absolute atomic E-state index is 5.46. The van der Waals surface area contributed by atoms with E-state index < -0.39 is 0 Å². The second-order valence-corrected chi connectivity index (χ2v) is 9.43. The molecule has 3 heterocycles. The number of aromatic nitrogens is 2. The molecule has 0 spiro atoms. The molecular weight excluding hydrogens is 452 g/mol. The lowest BCUT2D eigenvalue weighted by molar-refractivity contribution is 0.0378. The van der Waals surface area contributed by atoms with Gasteiger partial charge in [0.05, 0.1) is 31.9 Å². The van der Waals surface area contributed by atoms with Crippen LogP contribution in [0.3, 0.4) is 0 Å². The van der Waals surface area contributed by atoms with Crippen molar-refractivity contribution in [1.82, 2.24) is 19.8 Å². The van der Waals surface area contributed by atoms with Gasteiger partial charge in [-0.15, -0.1) is 0 Å². The zero-order chi connectivity index (χ0) is 24.4. The number of benzene rings is 2. The Morgan fingerprint density at radius 2 is 1.31 bits per heavy atom. The second kappa shape index (κ2) is 13.0. The molecule has 2 fully saturated rings. The Kier molecular flexibility index (Phi) is 8.96. The number of hydrogen-bond donors (Lipinski definition) is 2. The molecule has 0 atom stereocenters. The van der Waals surface area contributed by atoms with Crippen molar-refractivity contribution in [2.75, 3.05) is 89.4 Å². The highest BCUT2D eigenvalue weighted by atomic mass is 16.5. The molecule has 2 N–H and O–H groups in total. The fourth-order valence-corrected chi connectivity index (χ4v) is 4.85.